The fourth-order valence-electron chi connectivity index (χ4n) is 3.79. The standard InChI is InChI=1S/C25H29BrN2O3/c26-18-12-5-3-1-2-4-9-17-22(29)23-20-15-10-11-16-21(20)28(24(23)30)25(31)27-19-13-7-6-8-14-19/h6-8,10-11,13-16,29H,1-5,9,12,17-18H2,(H,27,31). The zero-order valence-corrected chi connectivity index (χ0v) is 19.2. The molecule has 3 amide bonds. The second-order valence-electron chi connectivity index (χ2n) is 7.69. The van der Waals surface area contributed by atoms with Gasteiger partial charge in [-0.05, 0) is 31.0 Å². The maximum Gasteiger partial charge on any atom is 0.333 e. The topological polar surface area (TPSA) is 69.6 Å². The highest BCUT2D eigenvalue weighted by Gasteiger charge is 2.38. The summed E-state index contributed by atoms with van der Waals surface area (Å²) in [6.07, 6.45) is 8.27. The van der Waals surface area contributed by atoms with E-state index in [-0.39, 0.29) is 11.3 Å². The second-order valence-corrected chi connectivity index (χ2v) is 8.48. The summed E-state index contributed by atoms with van der Waals surface area (Å²) in [5.41, 5.74) is 1.93. The fourth-order valence-corrected chi connectivity index (χ4v) is 4.19. The van der Waals surface area contributed by atoms with Crippen molar-refractivity contribution >= 4 is 44.8 Å². The van der Waals surface area contributed by atoms with Crippen molar-refractivity contribution in [3.05, 3.63) is 65.9 Å². The number of carbonyl (C=O) groups excluding carboxylic acids is 2. The van der Waals surface area contributed by atoms with Gasteiger partial charge < -0.3 is 10.4 Å². The van der Waals surface area contributed by atoms with Crippen LogP contribution < -0.4 is 10.2 Å². The Bertz CT molecular complexity index is 927. The molecule has 0 saturated carbocycles. The molecule has 0 spiro atoms. The van der Waals surface area contributed by atoms with E-state index in [0.717, 1.165) is 29.5 Å². The molecule has 1 aliphatic rings. The third-order valence-electron chi connectivity index (χ3n) is 5.40. The molecule has 1 heterocycles. The van der Waals surface area contributed by atoms with Crippen LogP contribution in [0.4, 0.5) is 16.2 Å². The number of nitrogens with zero attached hydrogens (tertiary/aromatic N) is 1. The van der Waals surface area contributed by atoms with Crippen LogP contribution >= 0.6 is 15.9 Å². The molecule has 0 unspecified atom stereocenters. The number of allylic oxidation sites excluding steroid dienone is 1. The van der Waals surface area contributed by atoms with E-state index in [2.05, 4.69) is 21.2 Å². The van der Waals surface area contributed by atoms with Crippen LogP contribution in [0.5, 0.6) is 0 Å². The molecule has 2 N–H and O–H groups in total. The van der Waals surface area contributed by atoms with Gasteiger partial charge in [-0.25, -0.2) is 9.69 Å². The summed E-state index contributed by atoms with van der Waals surface area (Å²) in [6.45, 7) is 0. The van der Waals surface area contributed by atoms with Crippen molar-refractivity contribution in [3.8, 4) is 0 Å². The van der Waals surface area contributed by atoms with Gasteiger partial charge in [0.05, 0.1) is 11.3 Å². The molecular formula is C25H29BrN2O3. The number of urea groups is 1. The van der Waals surface area contributed by atoms with Gasteiger partial charge in [0.2, 0.25) is 0 Å². The van der Waals surface area contributed by atoms with Gasteiger partial charge in [-0.15, -0.1) is 0 Å². The number of amides is 3. The number of unbranched alkanes of at least 4 members (excludes halogenated alkanes) is 6. The highest BCUT2D eigenvalue weighted by Crippen LogP contribution is 2.39. The van der Waals surface area contributed by atoms with Crippen LogP contribution in [0.1, 0.15) is 56.9 Å². The SMILES string of the molecule is O=C(Nc1ccccc1)N1C(=O)C(=C(O)CCCCCCCCCBr)c2ccccc21. The lowest BCUT2D eigenvalue weighted by molar-refractivity contribution is -0.112. The zero-order chi connectivity index (χ0) is 22.1. The predicted molar refractivity (Wildman–Crippen MR) is 130 cm³/mol. The molecule has 1 aliphatic heterocycles. The molecule has 0 aromatic heterocycles. The number of halogens is 1. The van der Waals surface area contributed by atoms with E-state index in [1.54, 1.807) is 30.3 Å². The average molecular weight is 485 g/mol. The molecule has 0 atom stereocenters. The molecule has 0 aliphatic carbocycles. The van der Waals surface area contributed by atoms with Crippen molar-refractivity contribution in [3.63, 3.8) is 0 Å². The molecule has 31 heavy (non-hydrogen) atoms. The number of imide groups is 1. The first kappa shape index (κ1) is 23.1. The van der Waals surface area contributed by atoms with Crippen molar-refractivity contribution in [2.45, 2.75) is 51.4 Å². The Labute approximate surface area is 192 Å². The van der Waals surface area contributed by atoms with Crippen LogP contribution in [0.2, 0.25) is 0 Å². The molecule has 6 heteroatoms. The number of carbonyl (C=O) groups is 2. The smallest absolute Gasteiger partial charge is 0.333 e. The summed E-state index contributed by atoms with van der Waals surface area (Å²) in [7, 11) is 0. The molecule has 0 radical (unpaired) electrons. The van der Waals surface area contributed by atoms with Crippen molar-refractivity contribution in [2.75, 3.05) is 15.5 Å². The number of hydrogen-bond donors (Lipinski definition) is 2. The van der Waals surface area contributed by atoms with E-state index >= 15 is 0 Å². The lowest BCUT2D eigenvalue weighted by Gasteiger charge is -2.16. The van der Waals surface area contributed by atoms with Gasteiger partial charge in [0.1, 0.15) is 5.76 Å². The maximum atomic E-state index is 13.1. The Morgan fingerprint density at radius 2 is 1.48 bits per heavy atom. The monoisotopic (exact) mass is 484 g/mol. The first-order valence-electron chi connectivity index (χ1n) is 10.9. The summed E-state index contributed by atoms with van der Waals surface area (Å²) in [4.78, 5) is 27.1. The molecule has 164 valence electrons. The number of aliphatic hydroxyl groups excluding tert-OH is 1. The van der Waals surface area contributed by atoms with Crippen LogP contribution in [0.3, 0.4) is 0 Å². The van der Waals surface area contributed by atoms with Crippen LogP contribution in [0.25, 0.3) is 5.57 Å². The second kappa shape index (κ2) is 11.7. The van der Waals surface area contributed by atoms with Gasteiger partial charge in [0.25, 0.3) is 5.91 Å². The number of benzene rings is 2. The highest BCUT2D eigenvalue weighted by molar-refractivity contribution is 9.09. The van der Waals surface area contributed by atoms with E-state index in [1.165, 1.54) is 25.7 Å². The summed E-state index contributed by atoms with van der Waals surface area (Å²) >= 11 is 3.45. The molecule has 5 nitrogen and oxygen atoms in total. The predicted octanol–water partition coefficient (Wildman–Crippen LogP) is 7.05. The number of nitrogens with one attached hydrogen (secondary N) is 1. The summed E-state index contributed by atoms with van der Waals surface area (Å²) < 4.78 is 0. The van der Waals surface area contributed by atoms with E-state index in [4.69, 9.17) is 0 Å². The van der Waals surface area contributed by atoms with Gasteiger partial charge in [-0.1, -0.05) is 84.4 Å². The van der Waals surface area contributed by atoms with E-state index in [0.29, 0.717) is 23.4 Å². The minimum atomic E-state index is -0.532. The van der Waals surface area contributed by atoms with Gasteiger partial charge in [0.15, 0.2) is 0 Å². The molecule has 0 saturated heterocycles. The minimum absolute atomic E-state index is 0.0618. The third-order valence-corrected chi connectivity index (χ3v) is 5.96. The lowest BCUT2D eigenvalue weighted by atomic mass is 10.0. The van der Waals surface area contributed by atoms with E-state index in [1.807, 2.05) is 24.3 Å². The van der Waals surface area contributed by atoms with Crippen molar-refractivity contribution < 1.29 is 14.7 Å². The Kier molecular flexibility index (Phi) is 8.71. The van der Waals surface area contributed by atoms with Crippen LogP contribution in [-0.4, -0.2) is 22.4 Å². The Balaban J connectivity index is 1.65. The Morgan fingerprint density at radius 1 is 0.871 bits per heavy atom. The van der Waals surface area contributed by atoms with Crippen LogP contribution in [0, 0.1) is 0 Å². The maximum absolute atomic E-state index is 13.1. The highest BCUT2D eigenvalue weighted by atomic mass is 79.9. The zero-order valence-electron chi connectivity index (χ0n) is 17.6. The van der Waals surface area contributed by atoms with Gasteiger partial charge in [-0.3, -0.25) is 4.79 Å². The molecule has 3 rings (SSSR count). The van der Waals surface area contributed by atoms with Crippen molar-refractivity contribution in [2.24, 2.45) is 0 Å². The minimum Gasteiger partial charge on any atom is -0.511 e. The number of aliphatic hydroxyl groups is 1. The molecule has 0 bridgehead atoms. The van der Waals surface area contributed by atoms with Gasteiger partial charge in [-0.2, -0.15) is 0 Å². The van der Waals surface area contributed by atoms with E-state index in [9.17, 15) is 14.7 Å². The van der Waals surface area contributed by atoms with Crippen molar-refractivity contribution in [1.82, 2.24) is 0 Å². The van der Waals surface area contributed by atoms with Crippen LogP contribution in [-0.2, 0) is 4.79 Å². The van der Waals surface area contributed by atoms with Gasteiger partial charge in [0, 0.05) is 23.0 Å². The largest absolute Gasteiger partial charge is 0.511 e. The van der Waals surface area contributed by atoms with Crippen molar-refractivity contribution in [1.29, 1.82) is 0 Å². The first-order chi connectivity index (χ1) is 15.1. The molecule has 2 aromatic rings. The number of hydrogen-bond acceptors (Lipinski definition) is 3. The number of fused-ring (bicyclic) bond motifs is 1. The average Bonchev–Trinajstić information content (AvgIpc) is 3.08. The number of anilines is 2. The Hall–Kier alpha value is -2.60. The first-order valence-corrected chi connectivity index (χ1v) is 12.0. The van der Waals surface area contributed by atoms with E-state index < -0.39 is 11.9 Å². The summed E-state index contributed by atoms with van der Waals surface area (Å²) in [5, 5.41) is 14.5. The van der Waals surface area contributed by atoms with Crippen LogP contribution in [0.15, 0.2) is 60.4 Å². The third kappa shape index (κ3) is 5.97. The number of alkyl halides is 1. The number of para-hydroxylation sites is 2. The quantitative estimate of drug-likeness (QED) is 0.164. The lowest BCUT2D eigenvalue weighted by Crippen LogP contribution is -2.37. The fraction of sp³-hybridized carbons (Fsp3) is 0.360. The molecule has 0 fully saturated rings. The molecule has 2 aromatic carbocycles. The summed E-state index contributed by atoms with van der Waals surface area (Å²) in [6, 6.07) is 15.6. The molecular weight excluding hydrogens is 456 g/mol. The summed E-state index contributed by atoms with van der Waals surface area (Å²) in [5.74, 6) is -0.423. The Morgan fingerprint density at radius 3 is 2.19 bits per heavy atom. The number of rotatable bonds is 10. The van der Waals surface area contributed by atoms with Gasteiger partial charge >= 0.3 is 6.03 Å². The normalized spacial score (nSPS) is 14.5.